The predicted molar refractivity (Wildman–Crippen MR) is 69.5 cm³/mol. The van der Waals surface area contributed by atoms with Gasteiger partial charge in [-0.3, -0.25) is 4.79 Å². The van der Waals surface area contributed by atoms with Gasteiger partial charge in [0, 0.05) is 23.7 Å². The molecule has 0 radical (unpaired) electrons. The molecular formula is C12H16N2O3S. The number of nitrogen functional groups attached to an aromatic ring is 1. The molecule has 1 aliphatic carbocycles. The topological polar surface area (TPSA) is 72.6 Å². The Labute approximate surface area is 110 Å². The second kappa shape index (κ2) is 4.97. The number of hydrogen-bond acceptors (Lipinski definition) is 5. The van der Waals surface area contributed by atoms with Gasteiger partial charge in [0.25, 0.3) is 5.91 Å². The van der Waals surface area contributed by atoms with Crippen LogP contribution in [0.2, 0.25) is 0 Å². The summed E-state index contributed by atoms with van der Waals surface area (Å²) in [5, 5.41) is 0. The van der Waals surface area contributed by atoms with Crippen LogP contribution < -0.4 is 5.73 Å². The smallest absolute Gasteiger partial charge is 0.348 e. The van der Waals surface area contributed by atoms with Crippen LogP contribution in [0.3, 0.4) is 0 Å². The van der Waals surface area contributed by atoms with Gasteiger partial charge >= 0.3 is 5.97 Å². The van der Waals surface area contributed by atoms with Gasteiger partial charge in [0.05, 0.1) is 0 Å². The molecule has 1 aliphatic rings. The van der Waals surface area contributed by atoms with E-state index in [-0.39, 0.29) is 12.5 Å². The molecule has 1 heterocycles. The molecule has 0 atom stereocenters. The SMILES string of the molecule is Cc1sc(C(=O)OCC(=O)N(C)C2CC2)cc1N. The molecule has 98 valence electrons. The highest BCUT2D eigenvalue weighted by Gasteiger charge is 2.30. The normalized spacial score (nSPS) is 14.3. The van der Waals surface area contributed by atoms with Gasteiger partial charge in [-0.1, -0.05) is 0 Å². The lowest BCUT2D eigenvalue weighted by Crippen LogP contribution is -2.32. The van der Waals surface area contributed by atoms with E-state index in [0.29, 0.717) is 16.6 Å². The Morgan fingerprint density at radius 1 is 1.56 bits per heavy atom. The Balaban J connectivity index is 1.86. The lowest BCUT2D eigenvalue weighted by Gasteiger charge is -2.15. The highest BCUT2D eigenvalue weighted by molar-refractivity contribution is 7.14. The molecule has 0 aromatic carbocycles. The number of nitrogens with zero attached hydrogens (tertiary/aromatic N) is 1. The van der Waals surface area contributed by atoms with E-state index in [0.717, 1.165) is 17.7 Å². The molecule has 5 nitrogen and oxygen atoms in total. The van der Waals surface area contributed by atoms with Crippen LogP contribution in [-0.4, -0.2) is 36.5 Å². The Morgan fingerprint density at radius 3 is 2.72 bits per heavy atom. The molecule has 1 amide bonds. The predicted octanol–water partition coefficient (Wildman–Crippen LogP) is 1.42. The average molecular weight is 268 g/mol. The monoisotopic (exact) mass is 268 g/mol. The zero-order valence-corrected chi connectivity index (χ0v) is 11.3. The molecule has 18 heavy (non-hydrogen) atoms. The molecular weight excluding hydrogens is 252 g/mol. The number of likely N-dealkylation sites (N-methyl/N-ethyl adjacent to an activating group) is 1. The average Bonchev–Trinajstić information content (AvgIpc) is 3.12. The summed E-state index contributed by atoms with van der Waals surface area (Å²) in [7, 11) is 1.74. The summed E-state index contributed by atoms with van der Waals surface area (Å²) in [6.07, 6.45) is 2.08. The van der Waals surface area contributed by atoms with Gasteiger partial charge in [-0.15, -0.1) is 11.3 Å². The quantitative estimate of drug-likeness (QED) is 0.838. The fraction of sp³-hybridized carbons (Fsp3) is 0.500. The number of esters is 1. The summed E-state index contributed by atoms with van der Waals surface area (Å²) >= 11 is 1.28. The summed E-state index contributed by atoms with van der Waals surface area (Å²) in [5.41, 5.74) is 6.24. The van der Waals surface area contributed by atoms with Crippen molar-refractivity contribution in [1.29, 1.82) is 0 Å². The molecule has 1 fully saturated rings. The second-order valence-corrected chi connectivity index (χ2v) is 5.69. The first kappa shape index (κ1) is 12.9. The second-order valence-electron chi connectivity index (χ2n) is 4.43. The minimum atomic E-state index is -0.489. The number of rotatable bonds is 4. The van der Waals surface area contributed by atoms with E-state index in [9.17, 15) is 9.59 Å². The maximum absolute atomic E-state index is 11.7. The van der Waals surface area contributed by atoms with Crippen molar-refractivity contribution in [2.45, 2.75) is 25.8 Å². The van der Waals surface area contributed by atoms with Crippen molar-refractivity contribution in [2.75, 3.05) is 19.4 Å². The number of hydrogen-bond donors (Lipinski definition) is 1. The van der Waals surface area contributed by atoms with E-state index in [1.165, 1.54) is 11.3 Å². The van der Waals surface area contributed by atoms with Gasteiger partial charge in [-0.05, 0) is 25.8 Å². The Kier molecular flexibility index (Phi) is 3.56. The third kappa shape index (κ3) is 2.81. The van der Waals surface area contributed by atoms with Gasteiger partial charge in [-0.2, -0.15) is 0 Å². The molecule has 0 spiro atoms. The maximum atomic E-state index is 11.7. The molecule has 0 saturated heterocycles. The first-order valence-corrected chi connectivity index (χ1v) is 6.59. The highest BCUT2D eigenvalue weighted by atomic mass is 32.1. The van der Waals surface area contributed by atoms with Crippen molar-refractivity contribution >= 4 is 28.9 Å². The van der Waals surface area contributed by atoms with Crippen molar-refractivity contribution in [1.82, 2.24) is 4.90 Å². The number of amides is 1. The summed E-state index contributed by atoms with van der Waals surface area (Å²) in [6.45, 7) is 1.63. The third-order valence-electron chi connectivity index (χ3n) is 2.97. The highest BCUT2D eigenvalue weighted by Crippen LogP contribution is 2.26. The van der Waals surface area contributed by atoms with Crippen molar-refractivity contribution in [3.05, 3.63) is 15.8 Å². The first-order chi connectivity index (χ1) is 8.49. The Bertz CT molecular complexity index is 460. The van der Waals surface area contributed by atoms with E-state index in [1.807, 2.05) is 6.92 Å². The largest absolute Gasteiger partial charge is 0.451 e. The maximum Gasteiger partial charge on any atom is 0.348 e. The van der Waals surface area contributed by atoms with Crippen LogP contribution in [-0.2, 0) is 9.53 Å². The zero-order chi connectivity index (χ0) is 13.3. The summed E-state index contributed by atoms with van der Waals surface area (Å²) < 4.78 is 4.98. The number of thiophene rings is 1. The number of carbonyl (C=O) groups is 2. The number of anilines is 1. The number of nitrogens with two attached hydrogens (primary N) is 1. The van der Waals surface area contributed by atoms with Gasteiger partial charge in [-0.25, -0.2) is 4.79 Å². The van der Waals surface area contributed by atoms with E-state index in [4.69, 9.17) is 10.5 Å². The number of ether oxygens (including phenoxy) is 1. The van der Waals surface area contributed by atoms with Gasteiger partial charge in [0.2, 0.25) is 0 Å². The Hall–Kier alpha value is -1.56. The number of carbonyl (C=O) groups excluding carboxylic acids is 2. The van der Waals surface area contributed by atoms with E-state index < -0.39 is 5.97 Å². The van der Waals surface area contributed by atoms with Crippen LogP contribution in [0.4, 0.5) is 5.69 Å². The van der Waals surface area contributed by atoms with Crippen molar-refractivity contribution in [3.63, 3.8) is 0 Å². The van der Waals surface area contributed by atoms with Gasteiger partial charge < -0.3 is 15.4 Å². The van der Waals surface area contributed by atoms with E-state index in [2.05, 4.69) is 0 Å². The molecule has 1 saturated carbocycles. The molecule has 0 unspecified atom stereocenters. The van der Waals surface area contributed by atoms with Crippen LogP contribution in [0.25, 0.3) is 0 Å². The minimum Gasteiger partial charge on any atom is -0.451 e. The lowest BCUT2D eigenvalue weighted by molar-refractivity contribution is -0.133. The standard InChI is InChI=1S/C12H16N2O3S/c1-7-9(13)5-10(18-7)12(16)17-6-11(15)14(2)8-3-4-8/h5,8H,3-4,6,13H2,1-2H3. The van der Waals surface area contributed by atoms with Crippen LogP contribution in [0, 0.1) is 6.92 Å². The van der Waals surface area contributed by atoms with Gasteiger partial charge in [0.1, 0.15) is 4.88 Å². The van der Waals surface area contributed by atoms with Crippen LogP contribution in [0.5, 0.6) is 0 Å². The summed E-state index contributed by atoms with van der Waals surface area (Å²) in [4.78, 5) is 26.3. The first-order valence-electron chi connectivity index (χ1n) is 5.77. The molecule has 0 bridgehead atoms. The zero-order valence-electron chi connectivity index (χ0n) is 10.4. The summed E-state index contributed by atoms with van der Waals surface area (Å²) in [6, 6.07) is 1.91. The van der Waals surface area contributed by atoms with Crippen LogP contribution in [0.1, 0.15) is 27.4 Å². The summed E-state index contributed by atoms with van der Waals surface area (Å²) in [5.74, 6) is -0.649. The molecule has 1 aromatic rings. The fourth-order valence-electron chi connectivity index (χ4n) is 1.56. The third-order valence-corrected chi connectivity index (χ3v) is 4.02. The molecule has 2 rings (SSSR count). The van der Waals surface area contributed by atoms with Crippen molar-refractivity contribution < 1.29 is 14.3 Å². The van der Waals surface area contributed by atoms with E-state index in [1.54, 1.807) is 18.0 Å². The molecule has 0 aliphatic heterocycles. The number of aryl methyl sites for hydroxylation is 1. The van der Waals surface area contributed by atoms with Crippen LogP contribution in [0.15, 0.2) is 6.07 Å². The molecule has 6 heteroatoms. The van der Waals surface area contributed by atoms with E-state index >= 15 is 0 Å². The van der Waals surface area contributed by atoms with Gasteiger partial charge in [0.15, 0.2) is 6.61 Å². The minimum absolute atomic E-state index is 0.160. The van der Waals surface area contributed by atoms with Crippen molar-refractivity contribution in [2.24, 2.45) is 0 Å². The fourth-order valence-corrected chi connectivity index (χ4v) is 2.40. The molecule has 2 N–H and O–H groups in total. The van der Waals surface area contributed by atoms with Crippen molar-refractivity contribution in [3.8, 4) is 0 Å². The van der Waals surface area contributed by atoms with Crippen LogP contribution >= 0.6 is 11.3 Å². The molecule has 1 aromatic heterocycles. The Morgan fingerprint density at radius 2 is 2.22 bits per heavy atom. The lowest BCUT2D eigenvalue weighted by atomic mass is 10.4.